The van der Waals surface area contributed by atoms with Crippen molar-refractivity contribution < 1.29 is 4.74 Å². The predicted molar refractivity (Wildman–Crippen MR) is 98.4 cm³/mol. The Morgan fingerprint density at radius 3 is 2.54 bits per heavy atom. The zero-order chi connectivity index (χ0) is 16.8. The van der Waals surface area contributed by atoms with Gasteiger partial charge in [-0.1, -0.05) is 42.5 Å². The van der Waals surface area contributed by atoms with Crippen molar-refractivity contribution in [1.29, 1.82) is 0 Å². The van der Waals surface area contributed by atoms with Gasteiger partial charge in [0.1, 0.15) is 5.82 Å². The van der Waals surface area contributed by atoms with Crippen molar-refractivity contribution in [3.05, 3.63) is 60.2 Å². The zero-order valence-electron chi connectivity index (χ0n) is 14.0. The van der Waals surface area contributed by atoms with E-state index in [0.717, 1.165) is 16.7 Å². The summed E-state index contributed by atoms with van der Waals surface area (Å²) in [5.74, 6) is 1.44. The van der Waals surface area contributed by atoms with Gasteiger partial charge in [-0.15, -0.1) is 0 Å². The summed E-state index contributed by atoms with van der Waals surface area (Å²) in [5.41, 5.74) is 2.13. The Balaban J connectivity index is 1.90. The summed E-state index contributed by atoms with van der Waals surface area (Å²) in [5, 5.41) is 7.73. The molecule has 1 aromatic heterocycles. The summed E-state index contributed by atoms with van der Waals surface area (Å²) in [6.45, 7) is 3.41. The van der Waals surface area contributed by atoms with Crippen LogP contribution in [0.2, 0.25) is 0 Å². The van der Waals surface area contributed by atoms with Crippen molar-refractivity contribution in [3.8, 4) is 0 Å². The fraction of sp³-hybridized carbons (Fsp3) is 0.263. The average Bonchev–Trinajstić information content (AvgIpc) is 2.63. The smallest absolute Gasteiger partial charge is 0.225 e. The molecular formula is C19H22N4O. The second-order valence-corrected chi connectivity index (χ2v) is 5.61. The van der Waals surface area contributed by atoms with Gasteiger partial charge in [-0.05, 0) is 24.6 Å². The number of anilines is 2. The van der Waals surface area contributed by atoms with Crippen LogP contribution in [0, 0.1) is 0 Å². The fourth-order valence-electron chi connectivity index (χ4n) is 2.56. The molecule has 0 radical (unpaired) electrons. The minimum absolute atomic E-state index is 0.149. The molecule has 3 rings (SSSR count). The van der Waals surface area contributed by atoms with Crippen LogP contribution in [0.4, 0.5) is 11.8 Å². The highest BCUT2D eigenvalue weighted by Crippen LogP contribution is 2.25. The Hall–Kier alpha value is -2.66. The Labute approximate surface area is 142 Å². The van der Waals surface area contributed by atoms with Gasteiger partial charge in [-0.2, -0.15) is 4.98 Å². The Bertz CT molecular complexity index is 792. The maximum atomic E-state index is 5.07. The topological polar surface area (TPSA) is 59.1 Å². The number of fused-ring (bicyclic) bond motifs is 1. The van der Waals surface area contributed by atoms with Crippen molar-refractivity contribution in [1.82, 2.24) is 9.97 Å². The number of hydrogen-bond donors (Lipinski definition) is 2. The molecule has 124 valence electrons. The zero-order valence-corrected chi connectivity index (χ0v) is 14.0. The quantitative estimate of drug-likeness (QED) is 0.647. The first-order valence-electron chi connectivity index (χ1n) is 8.09. The van der Waals surface area contributed by atoms with Crippen LogP contribution in [-0.2, 0) is 4.74 Å². The molecule has 0 saturated carbocycles. The summed E-state index contributed by atoms with van der Waals surface area (Å²) in [6.07, 6.45) is 0. The van der Waals surface area contributed by atoms with E-state index in [-0.39, 0.29) is 6.04 Å². The van der Waals surface area contributed by atoms with E-state index in [1.807, 2.05) is 42.5 Å². The summed E-state index contributed by atoms with van der Waals surface area (Å²) in [7, 11) is 1.68. The number of hydrogen-bond acceptors (Lipinski definition) is 5. The molecular weight excluding hydrogens is 300 g/mol. The van der Waals surface area contributed by atoms with Crippen LogP contribution >= 0.6 is 0 Å². The molecule has 1 heterocycles. The summed E-state index contributed by atoms with van der Waals surface area (Å²) in [4.78, 5) is 9.22. The molecule has 0 spiro atoms. The molecule has 0 bridgehead atoms. The van der Waals surface area contributed by atoms with E-state index in [4.69, 9.17) is 4.74 Å². The number of nitrogens with one attached hydrogen (secondary N) is 2. The number of nitrogens with zero attached hydrogens (tertiary/aromatic N) is 2. The minimum Gasteiger partial charge on any atom is -0.383 e. The highest BCUT2D eigenvalue weighted by molar-refractivity contribution is 5.90. The lowest BCUT2D eigenvalue weighted by atomic mass is 10.1. The highest BCUT2D eigenvalue weighted by atomic mass is 16.5. The van der Waals surface area contributed by atoms with E-state index in [1.165, 1.54) is 5.56 Å². The highest BCUT2D eigenvalue weighted by Gasteiger charge is 2.11. The van der Waals surface area contributed by atoms with Crippen LogP contribution in [0.25, 0.3) is 10.9 Å². The number of benzene rings is 2. The molecule has 0 fully saturated rings. The largest absolute Gasteiger partial charge is 0.383 e. The average molecular weight is 322 g/mol. The second kappa shape index (κ2) is 7.75. The third kappa shape index (κ3) is 3.81. The van der Waals surface area contributed by atoms with Gasteiger partial charge in [-0.25, -0.2) is 4.98 Å². The summed E-state index contributed by atoms with van der Waals surface area (Å²) in [6, 6.07) is 18.5. The van der Waals surface area contributed by atoms with E-state index in [1.54, 1.807) is 7.11 Å². The van der Waals surface area contributed by atoms with Gasteiger partial charge in [-0.3, -0.25) is 0 Å². The molecule has 0 aliphatic rings. The molecule has 0 amide bonds. The number of rotatable bonds is 7. The van der Waals surface area contributed by atoms with Crippen LogP contribution in [0.1, 0.15) is 18.5 Å². The van der Waals surface area contributed by atoms with Crippen molar-refractivity contribution in [2.45, 2.75) is 13.0 Å². The maximum Gasteiger partial charge on any atom is 0.225 e. The standard InChI is InChI=1S/C19H22N4O/c1-14(15-8-4-3-5-9-15)21-18-16-10-6-7-11-17(16)22-19(23-18)20-12-13-24-2/h3-11,14H,12-13H2,1-2H3,(H2,20,21,22,23)/t14-/m1/s1. The van der Waals surface area contributed by atoms with Gasteiger partial charge in [0.2, 0.25) is 5.95 Å². The first-order valence-corrected chi connectivity index (χ1v) is 8.09. The number of ether oxygens (including phenoxy) is 1. The number of aromatic nitrogens is 2. The Morgan fingerprint density at radius 2 is 1.75 bits per heavy atom. The lowest BCUT2D eigenvalue weighted by Gasteiger charge is -2.17. The molecule has 24 heavy (non-hydrogen) atoms. The lowest BCUT2D eigenvalue weighted by molar-refractivity contribution is 0.210. The van der Waals surface area contributed by atoms with Crippen molar-refractivity contribution in [2.75, 3.05) is 30.9 Å². The molecule has 2 aromatic carbocycles. The van der Waals surface area contributed by atoms with E-state index in [2.05, 4.69) is 39.7 Å². The molecule has 3 aromatic rings. The Morgan fingerprint density at radius 1 is 1.00 bits per heavy atom. The van der Waals surface area contributed by atoms with Crippen LogP contribution in [-0.4, -0.2) is 30.2 Å². The normalized spacial score (nSPS) is 12.1. The lowest BCUT2D eigenvalue weighted by Crippen LogP contribution is -2.13. The number of methoxy groups -OCH3 is 1. The number of para-hydroxylation sites is 1. The van der Waals surface area contributed by atoms with Crippen molar-refractivity contribution >= 4 is 22.7 Å². The first kappa shape index (κ1) is 16.2. The molecule has 2 N–H and O–H groups in total. The minimum atomic E-state index is 0.149. The van der Waals surface area contributed by atoms with Crippen LogP contribution in [0.15, 0.2) is 54.6 Å². The SMILES string of the molecule is COCCNc1nc(N[C@H](C)c2ccccc2)c2ccccc2n1. The molecule has 1 atom stereocenters. The monoisotopic (exact) mass is 322 g/mol. The third-order valence-corrected chi connectivity index (χ3v) is 3.85. The molecule has 5 heteroatoms. The fourth-order valence-corrected chi connectivity index (χ4v) is 2.56. The van der Waals surface area contributed by atoms with Crippen LogP contribution in [0.3, 0.4) is 0 Å². The summed E-state index contributed by atoms with van der Waals surface area (Å²) >= 11 is 0. The predicted octanol–water partition coefficient (Wildman–Crippen LogP) is 3.86. The maximum absolute atomic E-state index is 5.07. The first-order chi connectivity index (χ1) is 11.8. The molecule has 5 nitrogen and oxygen atoms in total. The second-order valence-electron chi connectivity index (χ2n) is 5.61. The van der Waals surface area contributed by atoms with Crippen LogP contribution in [0.5, 0.6) is 0 Å². The van der Waals surface area contributed by atoms with Gasteiger partial charge >= 0.3 is 0 Å². The van der Waals surface area contributed by atoms with E-state index < -0.39 is 0 Å². The Kier molecular flexibility index (Phi) is 5.23. The van der Waals surface area contributed by atoms with E-state index >= 15 is 0 Å². The van der Waals surface area contributed by atoms with Gasteiger partial charge in [0, 0.05) is 25.1 Å². The van der Waals surface area contributed by atoms with Gasteiger partial charge in [0.05, 0.1) is 12.1 Å². The van der Waals surface area contributed by atoms with Crippen LogP contribution < -0.4 is 10.6 Å². The molecule has 0 aliphatic heterocycles. The van der Waals surface area contributed by atoms with Gasteiger partial charge in [0.15, 0.2) is 0 Å². The van der Waals surface area contributed by atoms with Crippen molar-refractivity contribution in [3.63, 3.8) is 0 Å². The molecule has 0 unspecified atom stereocenters. The van der Waals surface area contributed by atoms with Crippen molar-refractivity contribution in [2.24, 2.45) is 0 Å². The molecule has 0 aliphatic carbocycles. The summed E-state index contributed by atoms with van der Waals surface area (Å²) < 4.78 is 5.07. The van der Waals surface area contributed by atoms with E-state index in [0.29, 0.717) is 19.1 Å². The molecule has 0 saturated heterocycles. The third-order valence-electron chi connectivity index (χ3n) is 3.85. The van der Waals surface area contributed by atoms with E-state index in [9.17, 15) is 0 Å². The van der Waals surface area contributed by atoms with Gasteiger partial charge in [0.25, 0.3) is 0 Å². The van der Waals surface area contributed by atoms with Gasteiger partial charge < -0.3 is 15.4 Å².